The number of hydrogen-bond acceptors (Lipinski definition) is 5. The van der Waals surface area contributed by atoms with Crippen molar-refractivity contribution in [2.45, 2.75) is 12.8 Å². The number of halogens is 1. The lowest BCUT2D eigenvalue weighted by Gasteiger charge is -2.17. The van der Waals surface area contributed by atoms with Gasteiger partial charge in [0.2, 0.25) is 5.91 Å². The normalized spacial score (nSPS) is 10.6. The topological polar surface area (TPSA) is 64.8 Å². The third kappa shape index (κ3) is 5.81. The molecule has 0 saturated carbocycles. The molecule has 0 bridgehead atoms. The highest BCUT2D eigenvalue weighted by molar-refractivity contribution is 5.76. The van der Waals surface area contributed by atoms with E-state index in [-0.39, 0.29) is 18.1 Å². The number of aryl methyl sites for hydroxylation is 1. The number of hydrogen-bond donors (Lipinski definition) is 0. The summed E-state index contributed by atoms with van der Waals surface area (Å²) in [5, 5.41) is 0. The number of benzene rings is 2. The van der Waals surface area contributed by atoms with Gasteiger partial charge in [0.15, 0.2) is 11.7 Å². The van der Waals surface area contributed by atoms with E-state index in [0.29, 0.717) is 31.2 Å². The van der Waals surface area contributed by atoms with E-state index in [1.54, 1.807) is 37.4 Å². The Kier molecular flexibility index (Phi) is 6.84. The predicted octanol–water partition coefficient (Wildman–Crippen LogP) is 3.96. The second-order valence-electron chi connectivity index (χ2n) is 6.46. The highest BCUT2D eigenvalue weighted by Crippen LogP contribution is 2.21. The standard InChI is InChI=1S/C22H23FN2O4/c1-25(13-14-28-19-9-7-18(27-2)8-10-19)22(26)12-11-21-24-15-20(29-21)16-3-5-17(23)6-4-16/h3-10,15H,11-14H2,1-2H3. The Morgan fingerprint density at radius 1 is 1.10 bits per heavy atom. The molecule has 0 fully saturated rings. The monoisotopic (exact) mass is 398 g/mol. The third-order valence-electron chi connectivity index (χ3n) is 4.42. The Labute approximate surface area is 168 Å². The molecule has 0 unspecified atom stereocenters. The van der Waals surface area contributed by atoms with E-state index >= 15 is 0 Å². The molecule has 0 N–H and O–H groups in total. The van der Waals surface area contributed by atoms with Crippen LogP contribution >= 0.6 is 0 Å². The summed E-state index contributed by atoms with van der Waals surface area (Å²) in [5.41, 5.74) is 0.740. The van der Waals surface area contributed by atoms with E-state index in [1.165, 1.54) is 12.1 Å². The van der Waals surface area contributed by atoms with Gasteiger partial charge in [0.1, 0.15) is 23.9 Å². The largest absolute Gasteiger partial charge is 0.497 e. The third-order valence-corrected chi connectivity index (χ3v) is 4.42. The zero-order valence-corrected chi connectivity index (χ0v) is 16.4. The minimum atomic E-state index is -0.307. The molecule has 3 rings (SSSR count). The first-order chi connectivity index (χ1) is 14.0. The number of likely N-dealkylation sites (N-methyl/N-ethyl adjacent to an activating group) is 1. The van der Waals surface area contributed by atoms with Crippen LogP contribution < -0.4 is 9.47 Å². The molecule has 0 aliphatic rings. The molecule has 3 aromatic rings. The van der Waals surface area contributed by atoms with Crippen LogP contribution in [-0.2, 0) is 11.2 Å². The molecule has 2 aromatic carbocycles. The molecular weight excluding hydrogens is 375 g/mol. The first kappa shape index (κ1) is 20.4. The summed E-state index contributed by atoms with van der Waals surface area (Å²) in [4.78, 5) is 18.1. The lowest BCUT2D eigenvalue weighted by Crippen LogP contribution is -2.31. The first-order valence-electron chi connectivity index (χ1n) is 9.26. The quantitative estimate of drug-likeness (QED) is 0.546. The van der Waals surface area contributed by atoms with Crippen LogP contribution in [0.15, 0.2) is 59.1 Å². The Bertz CT molecular complexity index is 923. The van der Waals surface area contributed by atoms with Gasteiger partial charge in [0.25, 0.3) is 0 Å². The molecular formula is C22H23FN2O4. The molecule has 0 aliphatic heterocycles. The molecule has 0 saturated heterocycles. The first-order valence-corrected chi connectivity index (χ1v) is 9.26. The summed E-state index contributed by atoms with van der Waals surface area (Å²) in [6.07, 6.45) is 2.26. The molecule has 1 amide bonds. The van der Waals surface area contributed by atoms with Crippen LogP contribution in [0.25, 0.3) is 11.3 Å². The van der Waals surface area contributed by atoms with E-state index in [2.05, 4.69) is 4.98 Å². The SMILES string of the molecule is COc1ccc(OCCN(C)C(=O)CCc2ncc(-c3ccc(F)cc3)o2)cc1. The van der Waals surface area contributed by atoms with Gasteiger partial charge in [-0.2, -0.15) is 0 Å². The second kappa shape index (κ2) is 9.73. The number of methoxy groups -OCH3 is 1. The van der Waals surface area contributed by atoms with Crippen LogP contribution in [0.3, 0.4) is 0 Å². The van der Waals surface area contributed by atoms with Gasteiger partial charge in [-0.1, -0.05) is 0 Å². The summed E-state index contributed by atoms with van der Waals surface area (Å²) in [5.74, 6) is 2.18. The molecule has 7 heteroatoms. The molecule has 6 nitrogen and oxygen atoms in total. The number of rotatable bonds is 9. The Hall–Kier alpha value is -3.35. The van der Waals surface area contributed by atoms with E-state index < -0.39 is 0 Å². The highest BCUT2D eigenvalue weighted by atomic mass is 19.1. The number of carbonyl (C=O) groups is 1. The molecule has 0 atom stereocenters. The van der Waals surface area contributed by atoms with Crippen LogP contribution in [0.5, 0.6) is 11.5 Å². The average Bonchev–Trinajstić information content (AvgIpc) is 3.22. The number of aromatic nitrogens is 1. The van der Waals surface area contributed by atoms with Crippen molar-refractivity contribution in [1.29, 1.82) is 0 Å². The van der Waals surface area contributed by atoms with Crippen LogP contribution in [0.4, 0.5) is 4.39 Å². The van der Waals surface area contributed by atoms with E-state index in [0.717, 1.165) is 17.1 Å². The van der Waals surface area contributed by atoms with Gasteiger partial charge < -0.3 is 18.8 Å². The number of carbonyl (C=O) groups excluding carboxylic acids is 1. The zero-order chi connectivity index (χ0) is 20.6. The van der Waals surface area contributed by atoms with Crippen molar-refractivity contribution in [3.8, 4) is 22.8 Å². The summed E-state index contributed by atoms with van der Waals surface area (Å²) in [6, 6.07) is 13.3. The number of amides is 1. The van der Waals surface area contributed by atoms with Crippen LogP contribution in [-0.4, -0.2) is 43.1 Å². The van der Waals surface area contributed by atoms with Gasteiger partial charge in [0.05, 0.1) is 19.9 Å². The van der Waals surface area contributed by atoms with Crippen molar-refractivity contribution < 1.29 is 23.1 Å². The zero-order valence-electron chi connectivity index (χ0n) is 16.4. The predicted molar refractivity (Wildman–Crippen MR) is 106 cm³/mol. The van der Waals surface area contributed by atoms with Gasteiger partial charge in [-0.15, -0.1) is 0 Å². The van der Waals surface area contributed by atoms with E-state index in [9.17, 15) is 9.18 Å². The van der Waals surface area contributed by atoms with Gasteiger partial charge in [-0.05, 0) is 48.5 Å². The molecule has 0 radical (unpaired) electrons. The molecule has 0 aliphatic carbocycles. The van der Waals surface area contributed by atoms with Crippen molar-refractivity contribution in [3.63, 3.8) is 0 Å². The van der Waals surface area contributed by atoms with Crippen molar-refractivity contribution in [1.82, 2.24) is 9.88 Å². The fourth-order valence-corrected chi connectivity index (χ4v) is 2.68. The van der Waals surface area contributed by atoms with Gasteiger partial charge >= 0.3 is 0 Å². The van der Waals surface area contributed by atoms with Crippen LogP contribution in [0.1, 0.15) is 12.3 Å². The van der Waals surface area contributed by atoms with E-state index in [4.69, 9.17) is 13.9 Å². The van der Waals surface area contributed by atoms with Crippen molar-refractivity contribution in [2.24, 2.45) is 0 Å². The Balaban J connectivity index is 1.42. The Morgan fingerprint density at radius 3 is 2.48 bits per heavy atom. The minimum Gasteiger partial charge on any atom is -0.497 e. The number of nitrogens with zero attached hydrogens (tertiary/aromatic N) is 2. The average molecular weight is 398 g/mol. The second-order valence-corrected chi connectivity index (χ2v) is 6.46. The van der Waals surface area contributed by atoms with Gasteiger partial charge in [-0.25, -0.2) is 9.37 Å². The lowest BCUT2D eigenvalue weighted by atomic mass is 10.2. The smallest absolute Gasteiger partial charge is 0.222 e. The number of ether oxygens (including phenoxy) is 2. The van der Waals surface area contributed by atoms with E-state index in [1.807, 2.05) is 24.3 Å². The fraction of sp³-hybridized carbons (Fsp3) is 0.273. The molecule has 1 aromatic heterocycles. The Morgan fingerprint density at radius 2 is 1.79 bits per heavy atom. The van der Waals surface area contributed by atoms with Gasteiger partial charge in [0, 0.05) is 25.5 Å². The fourth-order valence-electron chi connectivity index (χ4n) is 2.68. The number of oxazole rings is 1. The lowest BCUT2D eigenvalue weighted by molar-refractivity contribution is -0.130. The maximum atomic E-state index is 13.0. The summed E-state index contributed by atoms with van der Waals surface area (Å²) in [6.45, 7) is 0.861. The summed E-state index contributed by atoms with van der Waals surface area (Å²) >= 11 is 0. The molecule has 0 spiro atoms. The van der Waals surface area contributed by atoms with Crippen LogP contribution in [0, 0.1) is 5.82 Å². The van der Waals surface area contributed by atoms with Crippen molar-refractivity contribution in [3.05, 3.63) is 66.4 Å². The summed E-state index contributed by atoms with van der Waals surface area (Å²) in [7, 11) is 3.34. The molecule has 1 heterocycles. The molecule has 29 heavy (non-hydrogen) atoms. The molecule has 152 valence electrons. The maximum Gasteiger partial charge on any atom is 0.222 e. The van der Waals surface area contributed by atoms with Crippen molar-refractivity contribution in [2.75, 3.05) is 27.3 Å². The highest BCUT2D eigenvalue weighted by Gasteiger charge is 2.12. The van der Waals surface area contributed by atoms with Crippen molar-refractivity contribution >= 4 is 5.91 Å². The van der Waals surface area contributed by atoms with Crippen LogP contribution in [0.2, 0.25) is 0 Å². The maximum absolute atomic E-state index is 13.0. The minimum absolute atomic E-state index is 0.0233. The summed E-state index contributed by atoms with van der Waals surface area (Å²) < 4.78 is 29.4. The van der Waals surface area contributed by atoms with Gasteiger partial charge in [-0.3, -0.25) is 4.79 Å².